The lowest BCUT2D eigenvalue weighted by Crippen LogP contribution is -2.02. The molecule has 0 aliphatic heterocycles. The molecule has 0 fully saturated rings. The predicted molar refractivity (Wildman–Crippen MR) is 58.4 cm³/mol. The van der Waals surface area contributed by atoms with Crippen LogP contribution in [0.5, 0.6) is 0 Å². The first-order valence-corrected chi connectivity index (χ1v) is 4.48. The second kappa shape index (κ2) is 4.08. The van der Waals surface area contributed by atoms with Crippen LogP contribution in [0.1, 0.15) is 6.92 Å². The third kappa shape index (κ3) is 2.63. The molecule has 0 aliphatic carbocycles. The third-order valence-corrected chi connectivity index (χ3v) is 2.08. The van der Waals surface area contributed by atoms with Crippen molar-refractivity contribution in [1.82, 2.24) is 0 Å². The molecule has 12 heavy (non-hydrogen) atoms. The highest BCUT2D eigenvalue weighted by Crippen LogP contribution is 2.24. The number of anilines is 1. The molecule has 0 spiro atoms. The lowest BCUT2D eigenvalue weighted by Gasteiger charge is -2.04. The van der Waals surface area contributed by atoms with Crippen molar-refractivity contribution in [2.45, 2.75) is 6.92 Å². The van der Waals surface area contributed by atoms with Crippen molar-refractivity contribution in [3.8, 4) is 0 Å². The molecule has 1 nitrogen and oxygen atoms in total. The van der Waals surface area contributed by atoms with Gasteiger partial charge in [-0.25, -0.2) is 0 Å². The zero-order valence-corrected chi connectivity index (χ0v) is 8.72. The summed E-state index contributed by atoms with van der Waals surface area (Å²) in [6, 6.07) is 5.29. The fourth-order valence-electron chi connectivity index (χ4n) is 0.777. The molecule has 0 aliphatic rings. The maximum atomic E-state index is 5.78. The Hall–Kier alpha value is -0.310. The van der Waals surface area contributed by atoms with Gasteiger partial charge < -0.3 is 5.32 Å². The zero-order valence-electron chi connectivity index (χ0n) is 6.40. The summed E-state index contributed by atoms with van der Waals surface area (Å²) in [5, 5.41) is 4.03. The topological polar surface area (TPSA) is 12.0 Å². The minimum atomic E-state index is 0.526. The van der Waals surface area contributed by atoms with Crippen molar-refractivity contribution in [2.24, 2.45) is 0 Å². The highest BCUT2D eigenvalue weighted by molar-refractivity contribution is 7.80. The second-order valence-corrected chi connectivity index (χ2v) is 3.74. The molecule has 0 unspecified atom stereocenters. The first-order valence-electron chi connectivity index (χ1n) is 3.32. The maximum absolute atomic E-state index is 5.78. The van der Waals surface area contributed by atoms with E-state index in [-0.39, 0.29) is 0 Å². The monoisotopic (exact) mass is 219 g/mol. The predicted octanol–water partition coefficient (Wildman–Crippen LogP) is 3.75. The van der Waals surface area contributed by atoms with Crippen LogP contribution in [0.15, 0.2) is 18.2 Å². The molecule has 64 valence electrons. The average Bonchev–Trinajstić information content (AvgIpc) is 1.96. The van der Waals surface area contributed by atoms with Crippen LogP contribution in [-0.2, 0) is 0 Å². The van der Waals surface area contributed by atoms with Gasteiger partial charge in [-0.2, -0.15) is 0 Å². The molecule has 0 amide bonds. The van der Waals surface area contributed by atoms with E-state index in [0.29, 0.717) is 15.0 Å². The van der Waals surface area contributed by atoms with Crippen LogP contribution in [-0.4, -0.2) is 4.99 Å². The zero-order chi connectivity index (χ0) is 9.14. The van der Waals surface area contributed by atoms with Gasteiger partial charge in [0.2, 0.25) is 0 Å². The Balaban J connectivity index is 2.89. The number of hydrogen-bond acceptors (Lipinski definition) is 1. The van der Waals surface area contributed by atoms with Crippen LogP contribution < -0.4 is 5.32 Å². The molecule has 0 saturated carbocycles. The van der Waals surface area contributed by atoms with E-state index in [1.54, 1.807) is 19.1 Å². The van der Waals surface area contributed by atoms with E-state index >= 15 is 0 Å². The number of benzene rings is 1. The van der Waals surface area contributed by atoms with Gasteiger partial charge in [0.25, 0.3) is 0 Å². The lowest BCUT2D eigenvalue weighted by atomic mass is 10.3. The van der Waals surface area contributed by atoms with Gasteiger partial charge >= 0.3 is 0 Å². The van der Waals surface area contributed by atoms with Crippen LogP contribution in [0.2, 0.25) is 10.0 Å². The normalized spacial score (nSPS) is 9.58. The molecule has 0 bridgehead atoms. The molecule has 0 atom stereocenters. The molecule has 0 radical (unpaired) electrons. The summed E-state index contributed by atoms with van der Waals surface area (Å²) < 4.78 is 0. The van der Waals surface area contributed by atoms with Gasteiger partial charge in [-0.3, -0.25) is 0 Å². The standard InChI is InChI=1S/C8H7Cl2NS/c1-5(12)11-6-2-3-7(9)8(10)4-6/h2-4H,1H3,(H,11,12). The van der Waals surface area contributed by atoms with E-state index in [9.17, 15) is 0 Å². The average molecular weight is 220 g/mol. The molecular formula is C8H7Cl2NS. The molecule has 1 aromatic rings. The van der Waals surface area contributed by atoms with E-state index in [1.165, 1.54) is 0 Å². The Kier molecular flexibility index (Phi) is 3.32. The SMILES string of the molecule is CC(=S)Nc1ccc(Cl)c(Cl)c1. The van der Waals surface area contributed by atoms with Crippen LogP contribution in [0.4, 0.5) is 5.69 Å². The Morgan fingerprint density at radius 3 is 2.50 bits per heavy atom. The fourth-order valence-corrected chi connectivity index (χ4v) is 1.19. The van der Waals surface area contributed by atoms with Gasteiger partial charge in [0.15, 0.2) is 0 Å². The number of halogens is 2. The van der Waals surface area contributed by atoms with Crippen molar-refractivity contribution in [2.75, 3.05) is 5.32 Å². The van der Waals surface area contributed by atoms with Crippen LogP contribution in [0.25, 0.3) is 0 Å². The van der Waals surface area contributed by atoms with Crippen molar-refractivity contribution in [3.05, 3.63) is 28.2 Å². The molecule has 0 aromatic heterocycles. The van der Waals surface area contributed by atoms with Gasteiger partial charge in [-0.05, 0) is 25.1 Å². The second-order valence-electron chi connectivity index (χ2n) is 2.31. The Morgan fingerprint density at radius 2 is 2.00 bits per heavy atom. The molecule has 0 heterocycles. The van der Waals surface area contributed by atoms with Crippen molar-refractivity contribution in [1.29, 1.82) is 0 Å². The Morgan fingerprint density at radius 1 is 1.33 bits per heavy atom. The quantitative estimate of drug-likeness (QED) is 0.723. The highest BCUT2D eigenvalue weighted by Gasteiger charge is 1.98. The summed E-state index contributed by atoms with van der Waals surface area (Å²) in [5.41, 5.74) is 0.858. The minimum absolute atomic E-state index is 0.526. The molecule has 1 N–H and O–H groups in total. The highest BCUT2D eigenvalue weighted by atomic mass is 35.5. The van der Waals surface area contributed by atoms with Crippen molar-refractivity contribution < 1.29 is 0 Å². The van der Waals surface area contributed by atoms with E-state index in [2.05, 4.69) is 5.32 Å². The number of nitrogens with one attached hydrogen (secondary N) is 1. The van der Waals surface area contributed by atoms with Crippen molar-refractivity contribution in [3.63, 3.8) is 0 Å². The van der Waals surface area contributed by atoms with Crippen LogP contribution in [0.3, 0.4) is 0 Å². The summed E-state index contributed by atoms with van der Waals surface area (Å²) in [5.74, 6) is 0. The van der Waals surface area contributed by atoms with E-state index < -0.39 is 0 Å². The first kappa shape index (κ1) is 9.78. The van der Waals surface area contributed by atoms with Crippen molar-refractivity contribution >= 4 is 46.1 Å². The fraction of sp³-hybridized carbons (Fsp3) is 0.125. The molecule has 4 heteroatoms. The van der Waals surface area contributed by atoms with Gasteiger partial charge in [0, 0.05) is 5.69 Å². The Bertz CT molecular complexity index is 312. The minimum Gasteiger partial charge on any atom is -0.350 e. The Labute approximate surface area is 86.7 Å². The smallest absolute Gasteiger partial charge is 0.0765 e. The molecule has 1 rings (SSSR count). The summed E-state index contributed by atoms with van der Waals surface area (Å²) in [4.78, 5) is 0.702. The van der Waals surface area contributed by atoms with Gasteiger partial charge in [-0.1, -0.05) is 35.4 Å². The first-order chi connectivity index (χ1) is 5.59. The summed E-state index contributed by atoms with van der Waals surface area (Å²) >= 11 is 16.4. The summed E-state index contributed by atoms with van der Waals surface area (Å²) in [6.07, 6.45) is 0. The van der Waals surface area contributed by atoms with Gasteiger partial charge in [0.1, 0.15) is 0 Å². The van der Waals surface area contributed by atoms with E-state index in [1.807, 2.05) is 6.07 Å². The van der Waals surface area contributed by atoms with E-state index in [0.717, 1.165) is 5.69 Å². The summed E-state index contributed by atoms with van der Waals surface area (Å²) in [6.45, 7) is 1.80. The maximum Gasteiger partial charge on any atom is 0.0765 e. The number of rotatable bonds is 1. The van der Waals surface area contributed by atoms with Gasteiger partial charge in [0.05, 0.1) is 15.0 Å². The molecule has 0 saturated heterocycles. The largest absolute Gasteiger partial charge is 0.350 e. The lowest BCUT2D eigenvalue weighted by molar-refractivity contribution is 1.63. The van der Waals surface area contributed by atoms with Crippen LogP contribution >= 0.6 is 35.4 Å². The summed E-state index contributed by atoms with van der Waals surface area (Å²) in [7, 11) is 0. The van der Waals surface area contributed by atoms with Crippen LogP contribution in [0, 0.1) is 0 Å². The number of hydrogen-bond donors (Lipinski definition) is 1. The van der Waals surface area contributed by atoms with Gasteiger partial charge in [-0.15, -0.1) is 0 Å². The third-order valence-electron chi connectivity index (χ3n) is 1.24. The molecule has 1 aromatic carbocycles. The van der Waals surface area contributed by atoms with E-state index in [4.69, 9.17) is 35.4 Å². The number of thiocarbonyl (C=S) groups is 1. The molecular weight excluding hydrogens is 213 g/mol.